The third kappa shape index (κ3) is 6.42. The molecule has 0 radical (unpaired) electrons. The van der Waals surface area contributed by atoms with Gasteiger partial charge in [0.05, 0.1) is 16.4 Å². The molecule has 17 heteroatoms. The highest BCUT2D eigenvalue weighted by Crippen LogP contribution is 2.25. The van der Waals surface area contributed by atoms with Crippen LogP contribution in [0.4, 0.5) is 16.6 Å². The average molecular weight is 567 g/mol. The largest absolute Gasteiger partial charge is 0.415 e. The van der Waals surface area contributed by atoms with Crippen LogP contribution in [0.5, 0.6) is 0 Å². The number of carbonyl (C=O) groups excluding carboxylic acids is 1. The van der Waals surface area contributed by atoms with Gasteiger partial charge in [-0.1, -0.05) is 23.5 Å². The van der Waals surface area contributed by atoms with Crippen LogP contribution >= 0.6 is 34.9 Å². The molecule has 0 spiro atoms. The third-order valence-corrected chi connectivity index (χ3v) is 8.73. The number of thiazole rings is 1. The van der Waals surface area contributed by atoms with E-state index in [9.17, 15) is 18.0 Å². The Bertz CT molecular complexity index is 1500. The van der Waals surface area contributed by atoms with Crippen molar-refractivity contribution in [1.29, 1.82) is 0 Å². The molecule has 13 nitrogen and oxygen atoms in total. The number of nitrogens with zero attached hydrogens (tertiary/aromatic N) is 5. The van der Waals surface area contributed by atoms with Crippen LogP contribution < -0.4 is 20.9 Å². The summed E-state index contributed by atoms with van der Waals surface area (Å²) in [5.74, 6) is 0.289. The number of nitrogens with one attached hydrogen (secondary N) is 2. The molecule has 0 aliphatic carbocycles. The number of nitrogens with two attached hydrogens (primary N) is 1. The van der Waals surface area contributed by atoms with Crippen LogP contribution in [0.3, 0.4) is 0 Å². The van der Waals surface area contributed by atoms with Gasteiger partial charge in [0.15, 0.2) is 10.3 Å². The smallest absolute Gasteiger partial charge is 0.277 e. The Kier molecular flexibility index (Phi) is 7.92. The first-order chi connectivity index (χ1) is 17.2. The molecule has 0 atom stereocenters. The van der Waals surface area contributed by atoms with Gasteiger partial charge in [0.25, 0.3) is 20.8 Å². The van der Waals surface area contributed by atoms with Gasteiger partial charge in [0.2, 0.25) is 11.8 Å². The van der Waals surface area contributed by atoms with Gasteiger partial charge in [-0.15, -0.1) is 21.5 Å². The zero-order chi connectivity index (χ0) is 25.7. The summed E-state index contributed by atoms with van der Waals surface area (Å²) in [6, 6.07) is 7.00. The van der Waals surface area contributed by atoms with Crippen LogP contribution in [0.15, 0.2) is 66.4 Å². The Morgan fingerprint density at radius 3 is 2.72 bits per heavy atom. The van der Waals surface area contributed by atoms with E-state index in [1.807, 2.05) is 0 Å². The zero-order valence-corrected chi connectivity index (χ0v) is 21.7. The molecule has 3 heterocycles. The maximum atomic E-state index is 12.7. The Labute approximate surface area is 217 Å². The lowest BCUT2D eigenvalue weighted by Gasteiger charge is -2.16. The second kappa shape index (κ2) is 11.1. The summed E-state index contributed by atoms with van der Waals surface area (Å²) < 4.78 is 32.1. The third-order valence-electron chi connectivity index (χ3n) is 4.33. The first kappa shape index (κ1) is 25.7. The van der Waals surface area contributed by atoms with Crippen LogP contribution in [0, 0.1) is 0 Å². The molecule has 1 amide bonds. The van der Waals surface area contributed by atoms with Gasteiger partial charge < -0.3 is 20.5 Å². The summed E-state index contributed by atoms with van der Waals surface area (Å²) in [6.07, 6.45) is 1.53. The molecule has 0 aliphatic rings. The number of benzene rings is 1. The molecule has 0 unspecified atom stereocenters. The number of aromatic amines is 1. The second-order valence-electron chi connectivity index (χ2n) is 6.87. The van der Waals surface area contributed by atoms with Crippen molar-refractivity contribution in [2.75, 3.05) is 28.2 Å². The van der Waals surface area contributed by atoms with Gasteiger partial charge in [-0.05, 0) is 24.3 Å². The standard InChI is InChI=1S/C19H18N8O5S4/c1-27(18-21-6-7-33-18)36(30,31)12-4-2-11(3-5-12)22-15(29)9-35-19-26-25-16(32-19)10-34-17-23-13(20)8-14(28)24-17/h2-8H,9-10H2,1H3,(H,22,29)(H3,20,23,24,28). The molecule has 0 aliphatic heterocycles. The van der Waals surface area contributed by atoms with E-state index in [1.54, 1.807) is 5.38 Å². The summed E-state index contributed by atoms with van der Waals surface area (Å²) in [7, 11) is -2.34. The van der Waals surface area contributed by atoms with Gasteiger partial charge in [0, 0.05) is 30.4 Å². The number of thioether (sulfide) groups is 2. The molecule has 188 valence electrons. The molecule has 0 saturated carbocycles. The van der Waals surface area contributed by atoms with E-state index in [0.717, 1.165) is 27.8 Å². The number of aromatic nitrogens is 5. The van der Waals surface area contributed by atoms with Crippen LogP contribution in [0.2, 0.25) is 0 Å². The fourth-order valence-corrected chi connectivity index (χ4v) is 5.96. The fourth-order valence-electron chi connectivity index (χ4n) is 2.67. The van der Waals surface area contributed by atoms with Crippen molar-refractivity contribution >= 4 is 67.4 Å². The molecule has 3 aromatic heterocycles. The number of anilines is 3. The Balaban J connectivity index is 1.27. The van der Waals surface area contributed by atoms with Crippen molar-refractivity contribution in [3.05, 3.63) is 58.2 Å². The molecule has 4 aromatic rings. The average Bonchev–Trinajstić information content (AvgIpc) is 3.53. The summed E-state index contributed by atoms with van der Waals surface area (Å²) in [4.78, 5) is 34.3. The summed E-state index contributed by atoms with van der Waals surface area (Å²) in [5.41, 5.74) is 5.61. The second-order valence-corrected chi connectivity index (χ2v) is 11.6. The quantitative estimate of drug-likeness (QED) is 0.187. The lowest BCUT2D eigenvalue weighted by atomic mass is 10.3. The van der Waals surface area contributed by atoms with Crippen LogP contribution in [0.25, 0.3) is 0 Å². The predicted octanol–water partition coefficient (Wildman–Crippen LogP) is 2.04. The van der Waals surface area contributed by atoms with Crippen molar-refractivity contribution in [3.8, 4) is 0 Å². The molecule has 36 heavy (non-hydrogen) atoms. The number of hydrogen-bond acceptors (Lipinski definition) is 13. The van der Waals surface area contributed by atoms with Crippen LogP contribution in [-0.2, 0) is 20.6 Å². The minimum Gasteiger partial charge on any atom is -0.415 e. The number of carbonyl (C=O) groups is 1. The minimum absolute atomic E-state index is 0.00823. The predicted molar refractivity (Wildman–Crippen MR) is 137 cm³/mol. The number of hydrogen-bond donors (Lipinski definition) is 3. The highest BCUT2D eigenvalue weighted by molar-refractivity contribution is 7.99. The molecule has 1 aromatic carbocycles. The first-order valence-corrected chi connectivity index (χ1v) is 14.2. The number of H-pyrrole nitrogens is 1. The Morgan fingerprint density at radius 2 is 2.03 bits per heavy atom. The highest BCUT2D eigenvalue weighted by Gasteiger charge is 2.23. The molecule has 0 bridgehead atoms. The van der Waals surface area contributed by atoms with Gasteiger partial charge in [-0.25, -0.2) is 22.7 Å². The van der Waals surface area contributed by atoms with Crippen molar-refractivity contribution in [1.82, 2.24) is 25.1 Å². The summed E-state index contributed by atoms with van der Waals surface area (Å²) in [6.45, 7) is 0. The lowest BCUT2D eigenvalue weighted by molar-refractivity contribution is -0.113. The van der Waals surface area contributed by atoms with E-state index in [-0.39, 0.29) is 44.8 Å². The Hall–Kier alpha value is -3.41. The monoisotopic (exact) mass is 566 g/mol. The highest BCUT2D eigenvalue weighted by atomic mass is 32.2. The Morgan fingerprint density at radius 1 is 1.25 bits per heavy atom. The van der Waals surface area contributed by atoms with E-state index >= 15 is 0 Å². The fraction of sp³-hybridized carbons (Fsp3) is 0.158. The van der Waals surface area contributed by atoms with Crippen molar-refractivity contribution in [3.63, 3.8) is 0 Å². The first-order valence-electron chi connectivity index (χ1n) is 9.94. The number of sulfonamides is 1. The lowest BCUT2D eigenvalue weighted by Crippen LogP contribution is -2.26. The normalized spacial score (nSPS) is 11.4. The maximum absolute atomic E-state index is 12.7. The summed E-state index contributed by atoms with van der Waals surface area (Å²) in [5, 5.41) is 13.0. The van der Waals surface area contributed by atoms with Crippen LogP contribution in [-0.4, -0.2) is 52.3 Å². The summed E-state index contributed by atoms with van der Waals surface area (Å²) >= 11 is 3.42. The van der Waals surface area contributed by atoms with E-state index < -0.39 is 10.0 Å². The van der Waals surface area contributed by atoms with E-state index in [2.05, 4.69) is 30.5 Å². The van der Waals surface area contributed by atoms with Crippen molar-refractivity contribution < 1.29 is 17.6 Å². The maximum Gasteiger partial charge on any atom is 0.277 e. The molecule has 4 rings (SSSR count). The zero-order valence-electron chi connectivity index (χ0n) is 18.4. The van der Waals surface area contributed by atoms with E-state index in [0.29, 0.717) is 16.0 Å². The molecular weight excluding hydrogens is 549 g/mol. The number of rotatable bonds is 10. The van der Waals surface area contributed by atoms with Gasteiger partial charge in [-0.2, -0.15) is 0 Å². The SMILES string of the molecule is CN(c1nccs1)S(=O)(=O)c1ccc(NC(=O)CSc2nnc(CSc3nc(N)cc(=O)[nH]3)o2)cc1. The van der Waals surface area contributed by atoms with Crippen molar-refractivity contribution in [2.45, 2.75) is 21.0 Å². The van der Waals surface area contributed by atoms with E-state index in [1.165, 1.54) is 54.9 Å². The molecular formula is C19H18N8O5S4. The van der Waals surface area contributed by atoms with Gasteiger partial charge >= 0.3 is 0 Å². The number of amides is 1. The molecule has 0 fully saturated rings. The topological polar surface area (TPSA) is 190 Å². The molecule has 4 N–H and O–H groups in total. The minimum atomic E-state index is -3.77. The van der Waals surface area contributed by atoms with Gasteiger partial charge in [-0.3, -0.25) is 9.59 Å². The molecule has 0 saturated heterocycles. The van der Waals surface area contributed by atoms with Crippen LogP contribution in [0.1, 0.15) is 5.89 Å². The number of nitrogen functional groups attached to an aromatic ring is 1. The van der Waals surface area contributed by atoms with Crippen molar-refractivity contribution in [2.24, 2.45) is 0 Å². The van der Waals surface area contributed by atoms with Gasteiger partial charge in [0.1, 0.15) is 5.82 Å². The van der Waals surface area contributed by atoms with E-state index in [4.69, 9.17) is 10.2 Å².